The number of benzene rings is 1. The van der Waals surface area contributed by atoms with Crippen LogP contribution in [0.25, 0.3) is 0 Å². The second-order valence-electron chi connectivity index (χ2n) is 7.56. The van der Waals surface area contributed by atoms with E-state index in [2.05, 4.69) is 112 Å². The Hall–Kier alpha value is -1.12. The molecule has 0 N–H and O–H groups in total. The fourth-order valence-corrected chi connectivity index (χ4v) is 4.19. The van der Waals surface area contributed by atoms with Crippen molar-refractivity contribution in [3.05, 3.63) is 112 Å². The number of rotatable bonds is 2. The quantitative estimate of drug-likeness (QED) is 0.496. The van der Waals surface area contributed by atoms with Gasteiger partial charge in [0, 0.05) is 11.4 Å². The van der Waals surface area contributed by atoms with Crippen LogP contribution < -0.4 is 29.7 Å². The number of halogens is 2. The standard InChI is InChI=1S/C15H14N.C9H7S.C3H6.2ClH.Zr/c1-11-8-13-10-12(2)16(15(13)9-11)14-6-4-3-5-7-14;1-10-9-6-5-7-3-2-4-8(7)9;1-3-2;;;/h3-7,9-10,13H,1-2H3;2-3,5-6H,1H3;1-2H3;2*1H;/q2*-1;;;;+2/p-2. The maximum absolute atomic E-state index is 3.45. The second-order valence-corrected chi connectivity index (χ2v) is 10.9. The van der Waals surface area contributed by atoms with Gasteiger partial charge in [0.2, 0.25) is 0 Å². The maximum Gasteiger partial charge on any atom is -1.00 e. The zero-order valence-corrected chi connectivity index (χ0v) is 23.8. The van der Waals surface area contributed by atoms with Crippen molar-refractivity contribution in [3.8, 4) is 0 Å². The smallest absolute Gasteiger partial charge is 1.00 e. The average molecular weight is 560 g/mol. The van der Waals surface area contributed by atoms with Gasteiger partial charge in [-0.05, 0) is 25.3 Å². The number of anilines is 1. The Morgan fingerprint density at radius 1 is 1.06 bits per heavy atom. The van der Waals surface area contributed by atoms with Gasteiger partial charge >= 0.3 is 41.3 Å². The van der Waals surface area contributed by atoms with Crippen molar-refractivity contribution in [2.45, 2.75) is 27.7 Å². The summed E-state index contributed by atoms with van der Waals surface area (Å²) in [7, 11) is 0. The Labute approximate surface area is 225 Å². The summed E-state index contributed by atoms with van der Waals surface area (Å²) in [6.07, 6.45) is 21.6. The van der Waals surface area contributed by atoms with Crippen molar-refractivity contribution in [3.63, 3.8) is 0 Å². The fraction of sp³-hybridized carbons (Fsp3) is 0.222. The third kappa shape index (κ3) is 7.19. The van der Waals surface area contributed by atoms with Crippen LogP contribution >= 0.6 is 11.8 Å². The number of hydrogen-bond acceptors (Lipinski definition) is 2. The normalized spacial score (nSPS) is 18.6. The number of para-hydroxylation sites is 1. The van der Waals surface area contributed by atoms with Crippen molar-refractivity contribution in [1.29, 1.82) is 0 Å². The van der Waals surface area contributed by atoms with Gasteiger partial charge in [0.25, 0.3) is 0 Å². The molecule has 1 unspecified atom stereocenters. The van der Waals surface area contributed by atoms with Crippen LogP contribution in [-0.4, -0.2) is 9.46 Å². The van der Waals surface area contributed by atoms with E-state index < -0.39 is 0 Å². The van der Waals surface area contributed by atoms with Crippen LogP contribution in [0.1, 0.15) is 27.7 Å². The van der Waals surface area contributed by atoms with Gasteiger partial charge < -0.3 is 29.7 Å². The Morgan fingerprint density at radius 2 is 1.72 bits per heavy atom. The predicted molar refractivity (Wildman–Crippen MR) is 129 cm³/mol. The van der Waals surface area contributed by atoms with Crippen molar-refractivity contribution >= 4 is 20.7 Å². The molecule has 32 heavy (non-hydrogen) atoms. The summed E-state index contributed by atoms with van der Waals surface area (Å²) < 4.78 is 1.51. The molecule has 0 aromatic heterocycles. The number of thioether (sulfide) groups is 1. The van der Waals surface area contributed by atoms with Crippen molar-refractivity contribution in [1.82, 2.24) is 0 Å². The van der Waals surface area contributed by atoms with Gasteiger partial charge in [0.1, 0.15) is 0 Å². The molecule has 5 rings (SSSR count). The van der Waals surface area contributed by atoms with Crippen LogP contribution in [0.5, 0.6) is 0 Å². The van der Waals surface area contributed by atoms with Gasteiger partial charge in [-0.1, -0.05) is 53.8 Å². The largest absolute Gasteiger partial charge is 1.00 e. The average Bonchev–Trinajstić information content (AvgIpc) is 3.43. The zero-order chi connectivity index (χ0) is 21.7. The Bertz CT molecular complexity index is 1040. The molecular formula is C27H27Cl2NSZr-2. The number of allylic oxidation sites excluding steroid dienone is 11. The second kappa shape index (κ2) is 13.6. The monoisotopic (exact) mass is 557 g/mol. The first-order valence-corrected chi connectivity index (χ1v) is 12.5. The molecule has 1 aromatic rings. The van der Waals surface area contributed by atoms with Gasteiger partial charge in [-0.2, -0.15) is 30.0 Å². The molecular weight excluding hydrogens is 533 g/mol. The Balaban J connectivity index is 0.000000277. The van der Waals surface area contributed by atoms with Gasteiger partial charge in [0.05, 0.1) is 0 Å². The van der Waals surface area contributed by atoms with Crippen LogP contribution in [0.2, 0.25) is 0 Å². The summed E-state index contributed by atoms with van der Waals surface area (Å²) in [6.45, 7) is 8.51. The molecule has 0 radical (unpaired) electrons. The molecule has 0 saturated carbocycles. The summed E-state index contributed by atoms with van der Waals surface area (Å²) in [5.41, 5.74) is 7.69. The van der Waals surface area contributed by atoms with E-state index in [-0.39, 0.29) is 24.8 Å². The molecule has 0 saturated heterocycles. The number of fused-ring (bicyclic) bond motifs is 2. The van der Waals surface area contributed by atoms with Crippen LogP contribution in [0.15, 0.2) is 99.8 Å². The predicted octanol–water partition coefficient (Wildman–Crippen LogP) is 0.900. The molecule has 1 heterocycles. The molecule has 1 atom stereocenters. The molecule has 3 aliphatic carbocycles. The summed E-state index contributed by atoms with van der Waals surface area (Å²) in [6, 6.07) is 10.5. The summed E-state index contributed by atoms with van der Waals surface area (Å²) >= 11 is 3.33. The van der Waals surface area contributed by atoms with E-state index in [0.717, 1.165) is 0 Å². The van der Waals surface area contributed by atoms with Crippen LogP contribution in [0.4, 0.5) is 5.69 Å². The molecule has 0 bridgehead atoms. The summed E-state index contributed by atoms with van der Waals surface area (Å²) in [4.78, 5) is 3.65. The maximum atomic E-state index is 3.45. The van der Waals surface area contributed by atoms with E-state index in [0.29, 0.717) is 5.92 Å². The first kappa shape index (κ1) is 28.9. The SMILES string of the molecule is CC1=[C-]C2C=C(C)N(c3ccccc3)C2=C1.CSC1=CC=C2C=C[C-]=C21.C[C](C)=[Zr+2].[Cl-].[Cl-]. The van der Waals surface area contributed by atoms with Crippen LogP contribution in [-0.2, 0) is 24.2 Å². The van der Waals surface area contributed by atoms with Gasteiger partial charge in [-0.3, -0.25) is 6.08 Å². The number of hydrogen-bond donors (Lipinski definition) is 0. The molecule has 1 aliphatic heterocycles. The van der Waals surface area contributed by atoms with Crippen molar-refractivity contribution in [2.24, 2.45) is 5.92 Å². The summed E-state index contributed by atoms with van der Waals surface area (Å²) in [5.74, 6) is 0.361. The first-order valence-electron chi connectivity index (χ1n) is 10.0. The van der Waals surface area contributed by atoms with E-state index in [1.165, 1.54) is 41.9 Å². The van der Waals surface area contributed by atoms with E-state index >= 15 is 0 Å². The molecule has 0 amide bonds. The molecule has 5 heteroatoms. The van der Waals surface area contributed by atoms with Gasteiger partial charge in [-0.15, -0.1) is 23.3 Å². The topological polar surface area (TPSA) is 3.24 Å². The van der Waals surface area contributed by atoms with E-state index in [1.54, 1.807) is 36.0 Å². The van der Waals surface area contributed by atoms with Crippen LogP contribution in [0, 0.1) is 18.1 Å². The fourth-order valence-electron chi connectivity index (χ4n) is 3.60. The third-order valence-electron chi connectivity index (χ3n) is 4.76. The molecule has 4 aliphatic rings. The Morgan fingerprint density at radius 3 is 2.34 bits per heavy atom. The molecule has 0 fully saturated rings. The Kier molecular flexibility index (Phi) is 12.2. The molecule has 0 spiro atoms. The van der Waals surface area contributed by atoms with E-state index in [9.17, 15) is 0 Å². The number of nitrogens with zero attached hydrogens (tertiary/aromatic N) is 1. The molecule has 1 nitrogen and oxygen atoms in total. The van der Waals surface area contributed by atoms with Crippen molar-refractivity contribution in [2.75, 3.05) is 11.2 Å². The van der Waals surface area contributed by atoms with Crippen molar-refractivity contribution < 1.29 is 49.0 Å². The van der Waals surface area contributed by atoms with E-state index in [1.807, 2.05) is 6.08 Å². The minimum atomic E-state index is 0. The van der Waals surface area contributed by atoms with E-state index in [4.69, 9.17) is 0 Å². The van der Waals surface area contributed by atoms with Gasteiger partial charge in [0.15, 0.2) is 0 Å². The summed E-state index contributed by atoms with van der Waals surface area (Å²) in [5, 5.41) is 0. The zero-order valence-electron chi connectivity index (χ0n) is 19.0. The first-order chi connectivity index (χ1) is 14.4. The minimum absolute atomic E-state index is 0. The third-order valence-corrected chi connectivity index (χ3v) is 5.54. The van der Waals surface area contributed by atoms with Gasteiger partial charge in [-0.25, -0.2) is 5.57 Å². The molecule has 1 aromatic carbocycles. The van der Waals surface area contributed by atoms with Crippen LogP contribution in [0.3, 0.4) is 0 Å². The minimum Gasteiger partial charge on any atom is -1.00 e. The molecule has 166 valence electrons.